The minimum Gasteiger partial charge on any atom is -0.457 e. The number of nitrogens with two attached hydrogens (primary N) is 1. The van der Waals surface area contributed by atoms with Gasteiger partial charge in [-0.1, -0.05) is 121 Å². The molecule has 0 bridgehead atoms. The third kappa shape index (κ3) is 3.79. The molecule has 4 heteroatoms. The van der Waals surface area contributed by atoms with E-state index in [9.17, 15) is 0 Å². The van der Waals surface area contributed by atoms with Crippen LogP contribution in [0.3, 0.4) is 0 Å². The number of nitrogens with zero attached hydrogens (tertiary/aromatic N) is 2. The van der Waals surface area contributed by atoms with E-state index >= 15 is 0 Å². The highest BCUT2D eigenvalue weighted by Gasteiger charge is 2.51. The largest absolute Gasteiger partial charge is 0.457 e. The number of nitrogen functional groups attached to an aromatic ring is 1. The minimum absolute atomic E-state index is 0.638. The summed E-state index contributed by atoms with van der Waals surface area (Å²) < 4.78 is 8.94. The molecule has 9 aromatic carbocycles. The van der Waals surface area contributed by atoms with Crippen LogP contribution in [0.4, 0.5) is 5.69 Å². The summed E-state index contributed by atoms with van der Waals surface area (Å²) in [6.45, 7) is 0. The average molecular weight is 690 g/mol. The minimum atomic E-state index is -0.638. The normalized spacial score (nSPS) is 15.3. The van der Waals surface area contributed by atoms with Crippen molar-refractivity contribution in [2.24, 2.45) is 0 Å². The van der Waals surface area contributed by atoms with E-state index in [0.717, 1.165) is 50.7 Å². The fourth-order valence-electron chi connectivity index (χ4n) is 9.57. The lowest BCUT2D eigenvalue weighted by Gasteiger charge is -2.39. The smallest absolute Gasteiger partial charge is 0.145 e. The van der Waals surface area contributed by atoms with Crippen molar-refractivity contribution in [3.63, 3.8) is 0 Å². The van der Waals surface area contributed by atoms with Crippen LogP contribution in [0.15, 0.2) is 176 Å². The van der Waals surface area contributed by atoms with E-state index in [0.29, 0.717) is 5.69 Å². The Kier molecular flexibility index (Phi) is 5.82. The zero-order chi connectivity index (χ0) is 35.5. The number of aromatic nitrogens is 2. The molecule has 2 N–H and O–H groups in total. The highest BCUT2D eigenvalue weighted by molar-refractivity contribution is 6.25. The van der Waals surface area contributed by atoms with Crippen molar-refractivity contribution < 1.29 is 4.74 Å². The molecule has 1 unspecified atom stereocenters. The first-order valence-corrected chi connectivity index (χ1v) is 18.4. The molecule has 10 aromatic rings. The van der Waals surface area contributed by atoms with Gasteiger partial charge in [0.1, 0.15) is 17.3 Å². The van der Waals surface area contributed by atoms with Gasteiger partial charge in [-0.15, -0.1) is 0 Å². The van der Waals surface area contributed by atoms with Gasteiger partial charge in [0.25, 0.3) is 0 Å². The Morgan fingerprint density at radius 2 is 1.09 bits per heavy atom. The van der Waals surface area contributed by atoms with Gasteiger partial charge in [-0.25, -0.2) is 4.98 Å². The Balaban J connectivity index is 1.15. The number of fused-ring (bicyclic) bond motifs is 16. The molecule has 1 aliphatic carbocycles. The van der Waals surface area contributed by atoms with Gasteiger partial charge < -0.3 is 10.5 Å². The molecule has 54 heavy (non-hydrogen) atoms. The van der Waals surface area contributed by atoms with Crippen molar-refractivity contribution >= 4 is 49.0 Å². The van der Waals surface area contributed by atoms with Gasteiger partial charge in [0, 0.05) is 28.1 Å². The summed E-state index contributed by atoms with van der Waals surface area (Å²) in [5.41, 5.74) is 17.8. The average Bonchev–Trinajstić information content (AvgIpc) is 3.75. The number of para-hydroxylation sites is 3. The summed E-state index contributed by atoms with van der Waals surface area (Å²) in [7, 11) is 0. The van der Waals surface area contributed by atoms with Crippen LogP contribution >= 0.6 is 0 Å². The van der Waals surface area contributed by atoms with E-state index < -0.39 is 5.41 Å². The predicted octanol–water partition coefficient (Wildman–Crippen LogP) is 12.2. The fourth-order valence-corrected chi connectivity index (χ4v) is 9.57. The molecule has 0 saturated heterocycles. The summed E-state index contributed by atoms with van der Waals surface area (Å²) in [6.07, 6.45) is 0. The van der Waals surface area contributed by atoms with Crippen molar-refractivity contribution in [2.45, 2.75) is 5.41 Å². The molecule has 252 valence electrons. The standard InChI is InChI=1S/C50H31N3O/c51-31-22-26-48-44(28-31)50(42-17-7-10-20-47(42)54-48)41-16-6-5-15-38(41)39-25-23-32(29-43(39)50)53-46-19-9-8-18-45(46)52-49(53)30-21-24-37-35-13-2-1-11-33(35)34-12-3-4-14-36(34)40(37)27-30/h1-29H,51H2. The Hall–Kier alpha value is -7.17. The van der Waals surface area contributed by atoms with Crippen LogP contribution < -0.4 is 10.5 Å². The molecule has 2 aliphatic rings. The van der Waals surface area contributed by atoms with Crippen molar-refractivity contribution in [3.05, 3.63) is 198 Å². The summed E-state index contributed by atoms with van der Waals surface area (Å²) in [6, 6.07) is 63.0. The molecule has 2 heterocycles. The first-order valence-electron chi connectivity index (χ1n) is 18.4. The molecule has 1 spiro atoms. The molecule has 4 nitrogen and oxygen atoms in total. The second kappa shape index (κ2) is 10.7. The SMILES string of the molecule is Nc1ccc2c(c1)C1(c3ccccc3O2)c2ccccc2-c2ccc(-n3c(-c4ccc5c6ccccc6c6ccccc6c5c4)nc4ccccc43)cc21. The van der Waals surface area contributed by atoms with Crippen LogP contribution in [-0.2, 0) is 5.41 Å². The molecule has 0 amide bonds. The lowest BCUT2D eigenvalue weighted by Crippen LogP contribution is -2.32. The number of ether oxygens (including phenoxy) is 1. The van der Waals surface area contributed by atoms with E-state index in [4.69, 9.17) is 15.5 Å². The number of hydrogen-bond donors (Lipinski definition) is 1. The third-order valence-corrected chi connectivity index (χ3v) is 11.8. The molecular formula is C50H31N3O. The first kappa shape index (κ1) is 29.4. The number of imidazole rings is 1. The van der Waals surface area contributed by atoms with Crippen LogP contribution in [0, 0.1) is 0 Å². The number of benzene rings is 9. The summed E-state index contributed by atoms with van der Waals surface area (Å²) in [5.74, 6) is 2.57. The van der Waals surface area contributed by atoms with Crippen molar-refractivity contribution in [3.8, 4) is 39.7 Å². The van der Waals surface area contributed by atoms with E-state index in [2.05, 4.69) is 162 Å². The molecule has 0 saturated carbocycles. The van der Waals surface area contributed by atoms with Gasteiger partial charge in [-0.3, -0.25) is 4.57 Å². The molecule has 0 radical (unpaired) electrons. The topological polar surface area (TPSA) is 53.1 Å². The molecular weight excluding hydrogens is 659 g/mol. The van der Waals surface area contributed by atoms with Crippen LogP contribution in [0.1, 0.15) is 22.3 Å². The molecule has 1 aromatic heterocycles. The summed E-state index contributed by atoms with van der Waals surface area (Å²) in [5, 5.41) is 7.48. The highest BCUT2D eigenvalue weighted by Crippen LogP contribution is 2.62. The number of anilines is 1. The van der Waals surface area contributed by atoms with Crippen molar-refractivity contribution in [1.82, 2.24) is 9.55 Å². The van der Waals surface area contributed by atoms with Crippen LogP contribution in [0.5, 0.6) is 11.5 Å². The maximum Gasteiger partial charge on any atom is 0.145 e. The zero-order valence-electron chi connectivity index (χ0n) is 29.1. The van der Waals surface area contributed by atoms with Crippen LogP contribution in [0.2, 0.25) is 0 Å². The Bertz CT molecular complexity index is 3190. The second-order valence-corrected chi connectivity index (χ2v) is 14.5. The first-order chi connectivity index (χ1) is 26.7. The van der Waals surface area contributed by atoms with Crippen LogP contribution in [-0.4, -0.2) is 9.55 Å². The van der Waals surface area contributed by atoms with Gasteiger partial charge in [-0.05, 0) is 109 Å². The third-order valence-electron chi connectivity index (χ3n) is 11.8. The number of hydrogen-bond acceptors (Lipinski definition) is 3. The van der Waals surface area contributed by atoms with Gasteiger partial charge >= 0.3 is 0 Å². The van der Waals surface area contributed by atoms with Crippen molar-refractivity contribution in [1.29, 1.82) is 0 Å². The van der Waals surface area contributed by atoms with Crippen LogP contribution in [0.25, 0.3) is 71.6 Å². The Labute approximate surface area is 311 Å². The monoisotopic (exact) mass is 689 g/mol. The maximum absolute atomic E-state index is 6.61. The van der Waals surface area contributed by atoms with Gasteiger partial charge in [-0.2, -0.15) is 0 Å². The Morgan fingerprint density at radius 3 is 1.91 bits per heavy atom. The van der Waals surface area contributed by atoms with Crippen molar-refractivity contribution in [2.75, 3.05) is 5.73 Å². The summed E-state index contributed by atoms with van der Waals surface area (Å²) >= 11 is 0. The number of rotatable bonds is 2. The lowest BCUT2D eigenvalue weighted by atomic mass is 9.66. The predicted molar refractivity (Wildman–Crippen MR) is 221 cm³/mol. The highest BCUT2D eigenvalue weighted by atomic mass is 16.5. The Morgan fingerprint density at radius 1 is 0.463 bits per heavy atom. The summed E-state index contributed by atoms with van der Waals surface area (Å²) in [4.78, 5) is 5.36. The van der Waals surface area contributed by atoms with E-state index in [1.807, 2.05) is 18.2 Å². The molecule has 1 aliphatic heterocycles. The van der Waals surface area contributed by atoms with Gasteiger partial charge in [0.05, 0.1) is 16.4 Å². The molecule has 1 atom stereocenters. The molecule has 12 rings (SSSR count). The second-order valence-electron chi connectivity index (χ2n) is 14.5. The quantitative estimate of drug-likeness (QED) is 0.145. The fraction of sp³-hybridized carbons (Fsp3) is 0.0200. The van der Waals surface area contributed by atoms with E-state index in [1.165, 1.54) is 54.6 Å². The van der Waals surface area contributed by atoms with E-state index in [-0.39, 0.29) is 0 Å². The maximum atomic E-state index is 6.61. The lowest BCUT2D eigenvalue weighted by molar-refractivity contribution is 0.436. The zero-order valence-corrected chi connectivity index (χ0v) is 29.1. The molecule has 0 fully saturated rings. The van der Waals surface area contributed by atoms with Gasteiger partial charge in [0.15, 0.2) is 0 Å². The van der Waals surface area contributed by atoms with Gasteiger partial charge in [0.2, 0.25) is 0 Å². The van der Waals surface area contributed by atoms with E-state index in [1.54, 1.807) is 0 Å².